The van der Waals surface area contributed by atoms with Gasteiger partial charge in [-0.05, 0) is 0 Å². The molecule has 0 amide bonds. The number of hydrogen-bond acceptors (Lipinski definition) is 5. The molecule has 56 valence electrons. The molecule has 0 bridgehead atoms. The number of nitrogens with two attached hydrogens (primary N) is 1. The molecule has 1 spiro atoms. The van der Waals surface area contributed by atoms with E-state index >= 15 is 0 Å². The van der Waals surface area contributed by atoms with E-state index in [0.717, 1.165) is 0 Å². The van der Waals surface area contributed by atoms with Gasteiger partial charge in [0.1, 0.15) is 0 Å². The zero-order valence-corrected chi connectivity index (χ0v) is 5.80. The van der Waals surface area contributed by atoms with Crippen LogP contribution in [-0.4, -0.2) is 6.03 Å². The minimum Gasteiger partial charge on any atom is -0.320 e. The smallest absolute Gasteiger partial charge is 0.320 e. The van der Waals surface area contributed by atoms with Gasteiger partial charge in [0, 0.05) is 12.4 Å². The molecule has 0 saturated carbocycles. The summed E-state index contributed by atoms with van der Waals surface area (Å²) in [5, 5.41) is 5.27. The van der Waals surface area contributed by atoms with E-state index in [2.05, 4.69) is 10.6 Å². The summed E-state index contributed by atoms with van der Waals surface area (Å²) in [6.07, 6.45) is 3.14. The predicted octanol–water partition coefficient (Wildman–Crippen LogP) is -0.625. The molecule has 0 aliphatic carbocycles. The standard InChI is InChI=1S/C3H6N3O3P/c4-10(7)8-3(9-10)5-1-2-6-3/h1-2,5-6H,(H2,4,7). The molecule has 2 rings (SSSR count). The average Bonchev–Trinajstić information content (AvgIpc) is 2.10. The Kier molecular flexibility index (Phi) is 0.952. The van der Waals surface area contributed by atoms with Gasteiger partial charge in [0.05, 0.1) is 0 Å². The van der Waals surface area contributed by atoms with Crippen LogP contribution in [0.3, 0.4) is 0 Å². The summed E-state index contributed by atoms with van der Waals surface area (Å²) in [6.45, 7) is 0. The van der Waals surface area contributed by atoms with E-state index in [1.165, 1.54) is 0 Å². The van der Waals surface area contributed by atoms with Crippen LogP contribution in [0.1, 0.15) is 0 Å². The summed E-state index contributed by atoms with van der Waals surface area (Å²) in [4.78, 5) is 0. The molecule has 1 saturated heterocycles. The van der Waals surface area contributed by atoms with Crippen LogP contribution < -0.4 is 16.1 Å². The van der Waals surface area contributed by atoms with Crippen molar-refractivity contribution in [2.24, 2.45) is 5.50 Å². The van der Waals surface area contributed by atoms with Crippen LogP contribution in [0, 0.1) is 0 Å². The van der Waals surface area contributed by atoms with Crippen LogP contribution in [0.4, 0.5) is 0 Å². The van der Waals surface area contributed by atoms with Crippen LogP contribution >= 0.6 is 7.75 Å². The first-order chi connectivity index (χ1) is 4.62. The van der Waals surface area contributed by atoms with Gasteiger partial charge in [0.2, 0.25) is 0 Å². The van der Waals surface area contributed by atoms with Crippen molar-refractivity contribution in [1.29, 1.82) is 0 Å². The molecule has 0 radical (unpaired) electrons. The van der Waals surface area contributed by atoms with Crippen molar-refractivity contribution in [3.63, 3.8) is 0 Å². The molecular formula is C3H6N3O3P. The van der Waals surface area contributed by atoms with Crippen LogP contribution in [0.2, 0.25) is 0 Å². The summed E-state index contributed by atoms with van der Waals surface area (Å²) >= 11 is 0. The molecule has 2 heterocycles. The topological polar surface area (TPSA) is 85.6 Å². The van der Waals surface area contributed by atoms with Gasteiger partial charge in [0.25, 0.3) is 0 Å². The van der Waals surface area contributed by atoms with Crippen LogP contribution in [-0.2, 0) is 13.6 Å². The van der Waals surface area contributed by atoms with Crippen molar-refractivity contribution in [1.82, 2.24) is 10.6 Å². The molecule has 0 unspecified atom stereocenters. The lowest BCUT2D eigenvalue weighted by Gasteiger charge is -2.40. The monoisotopic (exact) mass is 163 g/mol. The molecule has 2 aliphatic rings. The van der Waals surface area contributed by atoms with Gasteiger partial charge in [0.15, 0.2) is 0 Å². The lowest BCUT2D eigenvalue weighted by atomic mass is 10.9. The second kappa shape index (κ2) is 1.54. The van der Waals surface area contributed by atoms with Crippen molar-refractivity contribution < 1.29 is 13.6 Å². The average molecular weight is 163 g/mol. The summed E-state index contributed by atoms with van der Waals surface area (Å²) < 4.78 is 20.1. The third kappa shape index (κ3) is 0.741. The summed E-state index contributed by atoms with van der Waals surface area (Å²) in [5.41, 5.74) is 4.98. The molecule has 6 nitrogen and oxygen atoms in total. The Labute approximate surface area is 57.0 Å². The van der Waals surface area contributed by atoms with Gasteiger partial charge >= 0.3 is 13.8 Å². The van der Waals surface area contributed by atoms with Crippen LogP contribution in [0.15, 0.2) is 12.4 Å². The Morgan fingerprint density at radius 2 is 1.90 bits per heavy atom. The first-order valence-corrected chi connectivity index (χ1v) is 4.24. The fourth-order valence-corrected chi connectivity index (χ4v) is 1.76. The highest BCUT2D eigenvalue weighted by Gasteiger charge is 2.55. The van der Waals surface area contributed by atoms with Gasteiger partial charge in [-0.3, -0.25) is 0 Å². The van der Waals surface area contributed by atoms with E-state index < -0.39 is 13.8 Å². The van der Waals surface area contributed by atoms with E-state index in [4.69, 9.17) is 14.6 Å². The molecule has 1 fully saturated rings. The molecule has 0 aromatic heterocycles. The zero-order valence-electron chi connectivity index (χ0n) is 4.90. The van der Waals surface area contributed by atoms with Crippen molar-refractivity contribution in [3.05, 3.63) is 12.4 Å². The molecule has 2 aliphatic heterocycles. The van der Waals surface area contributed by atoms with E-state index in [0.29, 0.717) is 0 Å². The molecule has 0 aromatic carbocycles. The minimum atomic E-state index is -3.25. The second-order valence-corrected chi connectivity index (χ2v) is 3.41. The summed E-state index contributed by atoms with van der Waals surface area (Å²) in [7, 11) is -3.25. The molecular weight excluding hydrogens is 157 g/mol. The van der Waals surface area contributed by atoms with E-state index in [1.54, 1.807) is 12.4 Å². The van der Waals surface area contributed by atoms with Crippen molar-refractivity contribution >= 4 is 7.75 Å². The van der Waals surface area contributed by atoms with Gasteiger partial charge in [-0.1, -0.05) is 0 Å². The Hall–Kier alpha value is -0.550. The fraction of sp³-hybridized carbons (Fsp3) is 0.333. The lowest BCUT2D eigenvalue weighted by Crippen LogP contribution is -2.59. The lowest BCUT2D eigenvalue weighted by molar-refractivity contribution is -0.220. The normalized spacial score (nSPS) is 30.9. The molecule has 7 heteroatoms. The van der Waals surface area contributed by atoms with Gasteiger partial charge in [-0.15, -0.1) is 0 Å². The van der Waals surface area contributed by atoms with Crippen molar-refractivity contribution in [3.8, 4) is 0 Å². The first-order valence-electron chi connectivity index (χ1n) is 2.62. The molecule has 10 heavy (non-hydrogen) atoms. The van der Waals surface area contributed by atoms with Gasteiger partial charge in [-0.25, -0.2) is 19.1 Å². The van der Waals surface area contributed by atoms with Gasteiger partial charge in [-0.2, -0.15) is 0 Å². The van der Waals surface area contributed by atoms with Gasteiger partial charge < -0.3 is 10.6 Å². The Bertz CT molecular complexity index is 219. The SMILES string of the molecule is NP1(=O)OC2(NC=CN2)O1. The zero-order chi connectivity index (χ0) is 7.24. The highest BCUT2D eigenvalue weighted by molar-refractivity contribution is 7.52. The molecule has 0 atom stereocenters. The largest absolute Gasteiger partial charge is 0.413 e. The van der Waals surface area contributed by atoms with Crippen molar-refractivity contribution in [2.45, 2.75) is 6.03 Å². The fourth-order valence-electron chi connectivity index (χ4n) is 0.815. The number of nitrogens with one attached hydrogen (secondary N) is 2. The number of rotatable bonds is 0. The maximum absolute atomic E-state index is 10.7. The second-order valence-electron chi connectivity index (χ2n) is 1.96. The number of hydrogen-bond donors (Lipinski definition) is 3. The van der Waals surface area contributed by atoms with E-state index in [1.807, 2.05) is 0 Å². The van der Waals surface area contributed by atoms with E-state index in [-0.39, 0.29) is 0 Å². The molecule has 0 aromatic rings. The summed E-state index contributed by atoms with van der Waals surface area (Å²) in [6, 6.07) is -1.15. The van der Waals surface area contributed by atoms with E-state index in [9.17, 15) is 4.57 Å². The maximum Gasteiger partial charge on any atom is 0.413 e. The highest BCUT2D eigenvalue weighted by Crippen LogP contribution is 2.56. The third-order valence-corrected chi connectivity index (χ3v) is 2.16. The minimum absolute atomic E-state index is 1.15. The van der Waals surface area contributed by atoms with Crippen molar-refractivity contribution in [2.75, 3.05) is 0 Å². The van der Waals surface area contributed by atoms with Crippen LogP contribution in [0.25, 0.3) is 0 Å². The van der Waals surface area contributed by atoms with Crippen LogP contribution in [0.5, 0.6) is 0 Å². The highest BCUT2D eigenvalue weighted by atomic mass is 31.2. The molecule has 4 N–H and O–H groups in total. The quantitative estimate of drug-likeness (QED) is 0.412. The third-order valence-electron chi connectivity index (χ3n) is 1.14. The predicted molar refractivity (Wildman–Crippen MR) is 32.1 cm³/mol. The Morgan fingerprint density at radius 1 is 1.40 bits per heavy atom. The first kappa shape index (κ1) is 6.18. The maximum atomic E-state index is 10.7. The Morgan fingerprint density at radius 3 is 2.30 bits per heavy atom. The Balaban J connectivity index is 2.07. The summed E-state index contributed by atoms with van der Waals surface area (Å²) in [5.74, 6) is 0.